The van der Waals surface area contributed by atoms with Crippen molar-refractivity contribution in [3.8, 4) is 0 Å². The summed E-state index contributed by atoms with van der Waals surface area (Å²) in [6.45, 7) is 2.14. The molecule has 31 heavy (non-hydrogen) atoms. The van der Waals surface area contributed by atoms with E-state index in [1.54, 1.807) is 0 Å². The summed E-state index contributed by atoms with van der Waals surface area (Å²) in [5.41, 5.74) is 7.97. The van der Waals surface area contributed by atoms with Crippen LogP contribution in [0, 0.1) is 0 Å². The Balaban J connectivity index is 1.30. The van der Waals surface area contributed by atoms with Crippen LogP contribution in [-0.4, -0.2) is 67.1 Å². The molecule has 1 aliphatic carbocycles. The number of nitrogens with zero attached hydrogens (tertiary/aromatic N) is 6. The van der Waals surface area contributed by atoms with Gasteiger partial charge in [0.2, 0.25) is 17.8 Å². The number of H-pyrrole nitrogens is 1. The number of nitrogens with two attached hydrogens (primary N) is 1. The van der Waals surface area contributed by atoms with E-state index in [0.29, 0.717) is 24.4 Å². The van der Waals surface area contributed by atoms with Gasteiger partial charge in [-0.15, -0.1) is 0 Å². The standard InChI is InChI=1S/C21H27N9O/c22-14-7-10-28(12-14)19(31)16-3-1-8-29(16)21-24-18-4-2-9-30(18)20(25-21)23-17-11-15(26-27-17)13-5-6-13/h2,4,9,11,13-14,16H,1,3,5-8,10,12,22H2,(H2,23,24,25,26,27)/t14-,16+/m1/s1. The minimum absolute atomic E-state index is 0.0808. The summed E-state index contributed by atoms with van der Waals surface area (Å²) in [4.78, 5) is 26.7. The van der Waals surface area contributed by atoms with Crippen LogP contribution in [0.2, 0.25) is 0 Å². The van der Waals surface area contributed by atoms with E-state index in [1.165, 1.54) is 12.8 Å². The van der Waals surface area contributed by atoms with Gasteiger partial charge in [-0.1, -0.05) is 0 Å². The van der Waals surface area contributed by atoms with Gasteiger partial charge in [0.25, 0.3) is 0 Å². The number of aromatic nitrogens is 5. The topological polar surface area (TPSA) is 120 Å². The normalized spacial score (nSPS) is 23.8. The largest absolute Gasteiger partial charge is 0.339 e. The van der Waals surface area contributed by atoms with Crippen molar-refractivity contribution in [3.05, 3.63) is 30.1 Å². The molecule has 2 aliphatic heterocycles. The number of aromatic amines is 1. The van der Waals surface area contributed by atoms with E-state index in [9.17, 15) is 4.79 Å². The second-order valence-corrected chi connectivity index (χ2v) is 8.88. The van der Waals surface area contributed by atoms with Gasteiger partial charge in [0.1, 0.15) is 11.7 Å². The van der Waals surface area contributed by atoms with Gasteiger partial charge in [0, 0.05) is 49.6 Å². The van der Waals surface area contributed by atoms with Gasteiger partial charge in [-0.25, -0.2) is 0 Å². The maximum atomic E-state index is 13.2. The summed E-state index contributed by atoms with van der Waals surface area (Å²) in [7, 11) is 0. The fourth-order valence-electron chi connectivity index (χ4n) is 4.71. The van der Waals surface area contributed by atoms with Crippen molar-refractivity contribution < 1.29 is 4.79 Å². The first-order valence-electron chi connectivity index (χ1n) is 11.1. The number of hydrogen-bond acceptors (Lipinski definition) is 7. The van der Waals surface area contributed by atoms with Gasteiger partial charge in [-0.2, -0.15) is 15.1 Å². The number of nitrogens with one attached hydrogen (secondary N) is 2. The third-order valence-electron chi connectivity index (χ3n) is 6.56. The third kappa shape index (κ3) is 3.40. The summed E-state index contributed by atoms with van der Waals surface area (Å²) in [5.74, 6) is 2.69. The highest BCUT2D eigenvalue weighted by molar-refractivity contribution is 5.86. The van der Waals surface area contributed by atoms with Crippen molar-refractivity contribution in [2.45, 2.75) is 50.1 Å². The number of likely N-dealkylation sites (tertiary alicyclic amines) is 1. The van der Waals surface area contributed by atoms with Crippen LogP contribution in [0.25, 0.3) is 5.65 Å². The molecule has 5 heterocycles. The summed E-state index contributed by atoms with van der Waals surface area (Å²) in [6, 6.07) is 5.79. The zero-order valence-corrected chi connectivity index (χ0v) is 17.4. The molecule has 0 unspecified atom stereocenters. The highest BCUT2D eigenvalue weighted by Crippen LogP contribution is 2.39. The molecule has 162 valence electrons. The average molecular weight is 422 g/mol. The van der Waals surface area contributed by atoms with Crippen molar-refractivity contribution in [1.29, 1.82) is 0 Å². The Morgan fingerprint density at radius 2 is 2.10 bits per heavy atom. The van der Waals surface area contributed by atoms with Crippen LogP contribution in [0.15, 0.2) is 24.4 Å². The lowest BCUT2D eigenvalue weighted by Crippen LogP contribution is -2.46. The Morgan fingerprint density at radius 3 is 2.90 bits per heavy atom. The van der Waals surface area contributed by atoms with Crippen molar-refractivity contribution in [3.63, 3.8) is 0 Å². The summed E-state index contributed by atoms with van der Waals surface area (Å²) >= 11 is 0. The van der Waals surface area contributed by atoms with Crippen molar-refractivity contribution in [2.75, 3.05) is 29.9 Å². The number of carbonyl (C=O) groups is 1. The molecule has 0 aromatic carbocycles. The Hall–Kier alpha value is -3.14. The fourth-order valence-corrected chi connectivity index (χ4v) is 4.71. The van der Waals surface area contributed by atoms with Crippen LogP contribution < -0.4 is 16.0 Å². The molecule has 1 amide bonds. The van der Waals surface area contributed by atoms with E-state index < -0.39 is 0 Å². The van der Waals surface area contributed by atoms with E-state index in [1.807, 2.05) is 38.6 Å². The molecule has 0 radical (unpaired) electrons. The zero-order chi connectivity index (χ0) is 20.9. The second kappa shape index (κ2) is 7.23. The van der Waals surface area contributed by atoms with Crippen LogP contribution >= 0.6 is 0 Å². The highest BCUT2D eigenvalue weighted by Gasteiger charge is 2.37. The monoisotopic (exact) mass is 421 g/mol. The lowest BCUT2D eigenvalue weighted by Gasteiger charge is -2.28. The predicted octanol–water partition coefficient (Wildman–Crippen LogP) is 1.60. The summed E-state index contributed by atoms with van der Waals surface area (Å²) in [6.07, 6.45) is 6.98. The molecule has 4 N–H and O–H groups in total. The molecule has 6 rings (SSSR count). The number of rotatable bonds is 5. The average Bonchev–Trinajstić information content (AvgIpc) is 3.22. The van der Waals surface area contributed by atoms with Crippen LogP contribution in [0.5, 0.6) is 0 Å². The van der Waals surface area contributed by atoms with Gasteiger partial charge in [-0.3, -0.25) is 14.3 Å². The molecule has 10 nitrogen and oxygen atoms in total. The molecule has 1 saturated carbocycles. The first-order valence-corrected chi connectivity index (χ1v) is 11.1. The molecule has 10 heteroatoms. The smallest absolute Gasteiger partial charge is 0.245 e. The summed E-state index contributed by atoms with van der Waals surface area (Å²) < 4.78 is 1.90. The number of amides is 1. The molecule has 3 fully saturated rings. The Labute approximate surface area is 179 Å². The lowest BCUT2D eigenvalue weighted by atomic mass is 10.2. The lowest BCUT2D eigenvalue weighted by molar-refractivity contribution is -0.131. The van der Waals surface area contributed by atoms with Crippen LogP contribution in [0.3, 0.4) is 0 Å². The van der Waals surface area contributed by atoms with Gasteiger partial charge in [0.05, 0.1) is 0 Å². The van der Waals surface area contributed by atoms with Crippen LogP contribution in [-0.2, 0) is 4.79 Å². The molecular weight excluding hydrogens is 394 g/mol. The molecular formula is C21H27N9O. The summed E-state index contributed by atoms with van der Waals surface area (Å²) in [5, 5.41) is 10.9. The van der Waals surface area contributed by atoms with E-state index in [-0.39, 0.29) is 18.0 Å². The predicted molar refractivity (Wildman–Crippen MR) is 116 cm³/mol. The van der Waals surface area contributed by atoms with E-state index in [4.69, 9.17) is 15.7 Å². The van der Waals surface area contributed by atoms with Gasteiger partial charge in [0.15, 0.2) is 5.82 Å². The van der Waals surface area contributed by atoms with E-state index in [0.717, 1.165) is 49.5 Å². The van der Waals surface area contributed by atoms with Crippen molar-refractivity contribution in [1.82, 2.24) is 29.5 Å². The van der Waals surface area contributed by atoms with Gasteiger partial charge < -0.3 is 20.9 Å². The first kappa shape index (κ1) is 18.6. The van der Waals surface area contributed by atoms with E-state index in [2.05, 4.69) is 15.5 Å². The molecule has 0 bridgehead atoms. The molecule has 2 atom stereocenters. The Kier molecular flexibility index (Phi) is 4.34. The first-order chi connectivity index (χ1) is 15.2. The molecule has 2 saturated heterocycles. The zero-order valence-electron chi connectivity index (χ0n) is 17.4. The van der Waals surface area contributed by atoms with Crippen molar-refractivity contribution in [2.24, 2.45) is 5.73 Å². The SMILES string of the molecule is N[C@@H]1CCN(C(=O)[C@@H]2CCCN2c2nc(Nc3cc(C4CC4)[nH]n3)n3cccc3n2)C1. The molecule has 3 aliphatic rings. The van der Waals surface area contributed by atoms with Crippen LogP contribution in [0.4, 0.5) is 17.7 Å². The minimum atomic E-state index is -0.234. The minimum Gasteiger partial charge on any atom is -0.339 e. The second-order valence-electron chi connectivity index (χ2n) is 8.88. The fraction of sp³-hybridized carbons (Fsp3) is 0.524. The molecule has 3 aromatic rings. The van der Waals surface area contributed by atoms with Crippen molar-refractivity contribution >= 4 is 29.3 Å². The third-order valence-corrected chi connectivity index (χ3v) is 6.56. The molecule has 3 aromatic heterocycles. The quantitative estimate of drug-likeness (QED) is 0.572. The number of carbonyl (C=O) groups excluding carboxylic acids is 1. The maximum absolute atomic E-state index is 13.2. The van der Waals surface area contributed by atoms with Gasteiger partial charge >= 0.3 is 0 Å². The Bertz CT molecular complexity index is 1120. The van der Waals surface area contributed by atoms with E-state index >= 15 is 0 Å². The highest BCUT2D eigenvalue weighted by atomic mass is 16.2. The van der Waals surface area contributed by atoms with Crippen LogP contribution in [0.1, 0.15) is 43.7 Å². The number of anilines is 3. The number of fused-ring (bicyclic) bond motifs is 1. The van der Waals surface area contributed by atoms with Gasteiger partial charge in [-0.05, 0) is 44.2 Å². The Morgan fingerprint density at radius 1 is 1.19 bits per heavy atom. The maximum Gasteiger partial charge on any atom is 0.245 e. The molecule has 0 spiro atoms. The number of hydrogen-bond donors (Lipinski definition) is 3.